The Hall–Kier alpha value is -2.02. The van der Waals surface area contributed by atoms with Gasteiger partial charge in [-0.15, -0.1) is 5.10 Å². The normalized spacial score (nSPS) is 17.1. The molecule has 0 amide bonds. The van der Waals surface area contributed by atoms with Gasteiger partial charge >= 0.3 is 0 Å². The minimum Gasteiger partial charge on any atom is -0.394 e. The van der Waals surface area contributed by atoms with Gasteiger partial charge in [0.1, 0.15) is 0 Å². The Balaban J connectivity index is 1.82. The number of fused-ring (bicyclic) bond motifs is 1. The molecule has 1 atom stereocenters. The summed E-state index contributed by atoms with van der Waals surface area (Å²) in [7, 11) is 0. The molecule has 0 radical (unpaired) electrons. The lowest BCUT2D eigenvalue weighted by atomic mass is 9.93. The zero-order valence-corrected chi connectivity index (χ0v) is 13.8. The fraction of sp³-hybridized carbons (Fsp3) is 0.625. The first-order chi connectivity index (χ1) is 11.3. The summed E-state index contributed by atoms with van der Waals surface area (Å²) < 4.78 is 1.90. The monoisotopic (exact) mass is 316 g/mol. The fourth-order valence-electron chi connectivity index (χ4n) is 3.21. The third-order valence-corrected chi connectivity index (χ3v) is 4.39. The zero-order valence-electron chi connectivity index (χ0n) is 13.8. The average Bonchev–Trinajstić information content (AvgIpc) is 2.99. The van der Waals surface area contributed by atoms with Crippen LogP contribution in [0.25, 0.3) is 0 Å². The molecular formula is C16H24N6O. The summed E-state index contributed by atoms with van der Waals surface area (Å²) in [5.74, 6) is 0.590. The summed E-state index contributed by atoms with van der Waals surface area (Å²) in [6.45, 7) is 4.81. The molecule has 1 aliphatic rings. The molecule has 2 heterocycles. The predicted molar refractivity (Wildman–Crippen MR) is 87.2 cm³/mol. The van der Waals surface area contributed by atoms with Crippen molar-refractivity contribution in [3.05, 3.63) is 28.8 Å². The number of hydrogen-bond donors (Lipinski definition) is 2. The molecule has 7 heteroatoms. The number of aryl methyl sites for hydroxylation is 2. The Morgan fingerprint density at radius 1 is 1.26 bits per heavy atom. The van der Waals surface area contributed by atoms with Crippen LogP contribution in [0.15, 0.2) is 6.20 Å². The van der Waals surface area contributed by atoms with E-state index < -0.39 is 0 Å². The van der Waals surface area contributed by atoms with Crippen molar-refractivity contribution < 1.29 is 5.11 Å². The Bertz CT molecular complexity index is 669. The van der Waals surface area contributed by atoms with Crippen LogP contribution in [0.1, 0.15) is 55.4 Å². The van der Waals surface area contributed by atoms with Gasteiger partial charge in [0.2, 0.25) is 5.95 Å². The number of anilines is 1. The molecule has 7 nitrogen and oxygen atoms in total. The molecule has 0 aliphatic heterocycles. The number of hydrogen-bond acceptors (Lipinski definition) is 6. The molecule has 1 aliphatic carbocycles. The molecule has 2 N–H and O–H groups in total. The standard InChI is InChI=1S/C16H24N6O/c1-3-12-13(4-2)20-21-16(18-12)19-14-6-5-7-15-11(14)10-17-22(15)8-9-23/h10,14,23H,3-9H2,1-2H3,(H,18,19,21). The third-order valence-electron chi connectivity index (χ3n) is 4.39. The number of rotatable bonds is 6. The number of nitrogens with one attached hydrogen (secondary N) is 1. The lowest BCUT2D eigenvalue weighted by Gasteiger charge is -2.24. The summed E-state index contributed by atoms with van der Waals surface area (Å²) in [6.07, 6.45) is 6.72. The Labute approximate surface area is 136 Å². The minimum absolute atomic E-state index is 0.109. The van der Waals surface area contributed by atoms with Crippen molar-refractivity contribution in [3.8, 4) is 0 Å². The van der Waals surface area contributed by atoms with E-state index in [4.69, 9.17) is 5.11 Å². The maximum absolute atomic E-state index is 9.14. The van der Waals surface area contributed by atoms with E-state index in [1.54, 1.807) is 0 Å². The summed E-state index contributed by atoms with van der Waals surface area (Å²) >= 11 is 0. The predicted octanol–water partition coefficient (Wildman–Crippen LogP) is 1.67. The number of aliphatic hydroxyl groups is 1. The molecule has 3 rings (SSSR count). The minimum atomic E-state index is 0.109. The second-order valence-electron chi connectivity index (χ2n) is 5.82. The SMILES string of the molecule is CCc1nnc(NC2CCCc3c2cnn3CCO)nc1CC. The maximum atomic E-state index is 9.14. The second-order valence-corrected chi connectivity index (χ2v) is 5.82. The lowest BCUT2D eigenvalue weighted by molar-refractivity contribution is 0.266. The van der Waals surface area contributed by atoms with Gasteiger partial charge in [-0.2, -0.15) is 10.2 Å². The first-order valence-electron chi connectivity index (χ1n) is 8.41. The van der Waals surface area contributed by atoms with Gasteiger partial charge in [0, 0.05) is 11.3 Å². The highest BCUT2D eigenvalue weighted by atomic mass is 16.3. The number of aliphatic hydroxyl groups excluding tert-OH is 1. The van der Waals surface area contributed by atoms with Gasteiger partial charge in [-0.25, -0.2) is 4.98 Å². The molecule has 23 heavy (non-hydrogen) atoms. The van der Waals surface area contributed by atoms with Crippen molar-refractivity contribution >= 4 is 5.95 Å². The van der Waals surface area contributed by atoms with Crippen LogP contribution in [0.4, 0.5) is 5.95 Å². The summed E-state index contributed by atoms with van der Waals surface area (Å²) in [4.78, 5) is 4.62. The van der Waals surface area contributed by atoms with Crippen LogP contribution < -0.4 is 5.32 Å². The summed E-state index contributed by atoms with van der Waals surface area (Å²) in [5, 5.41) is 25.5. The smallest absolute Gasteiger partial charge is 0.243 e. The van der Waals surface area contributed by atoms with E-state index in [1.165, 1.54) is 11.3 Å². The van der Waals surface area contributed by atoms with Gasteiger partial charge < -0.3 is 10.4 Å². The fourth-order valence-corrected chi connectivity index (χ4v) is 3.21. The number of nitrogens with zero attached hydrogens (tertiary/aromatic N) is 5. The van der Waals surface area contributed by atoms with E-state index in [-0.39, 0.29) is 12.6 Å². The van der Waals surface area contributed by atoms with Crippen LogP contribution >= 0.6 is 0 Å². The molecule has 124 valence electrons. The summed E-state index contributed by atoms with van der Waals surface area (Å²) in [6, 6.07) is 0.158. The van der Waals surface area contributed by atoms with Crippen molar-refractivity contribution in [2.45, 2.75) is 58.5 Å². The zero-order chi connectivity index (χ0) is 16.2. The Kier molecular flexibility index (Phi) is 4.85. The van der Waals surface area contributed by atoms with E-state index in [1.807, 2.05) is 10.9 Å². The van der Waals surface area contributed by atoms with Gasteiger partial charge in [-0.1, -0.05) is 13.8 Å². The molecule has 1 unspecified atom stereocenters. The molecule has 2 aromatic rings. The lowest BCUT2D eigenvalue weighted by Crippen LogP contribution is -2.21. The van der Waals surface area contributed by atoms with E-state index in [2.05, 4.69) is 39.4 Å². The van der Waals surface area contributed by atoms with Gasteiger partial charge in [-0.05, 0) is 32.1 Å². The van der Waals surface area contributed by atoms with Crippen molar-refractivity contribution in [3.63, 3.8) is 0 Å². The van der Waals surface area contributed by atoms with Crippen LogP contribution in [-0.2, 0) is 25.8 Å². The maximum Gasteiger partial charge on any atom is 0.243 e. The van der Waals surface area contributed by atoms with Gasteiger partial charge in [0.05, 0.1) is 36.8 Å². The van der Waals surface area contributed by atoms with Crippen molar-refractivity contribution in [2.24, 2.45) is 0 Å². The highest BCUT2D eigenvalue weighted by Crippen LogP contribution is 2.31. The molecule has 0 spiro atoms. The van der Waals surface area contributed by atoms with E-state index >= 15 is 0 Å². The largest absolute Gasteiger partial charge is 0.394 e. The van der Waals surface area contributed by atoms with Gasteiger partial charge in [-0.3, -0.25) is 4.68 Å². The second kappa shape index (κ2) is 7.04. The van der Waals surface area contributed by atoms with Crippen LogP contribution in [0.2, 0.25) is 0 Å². The molecule has 0 saturated heterocycles. The van der Waals surface area contributed by atoms with Crippen LogP contribution in [0.5, 0.6) is 0 Å². The van der Waals surface area contributed by atoms with Crippen LogP contribution in [0, 0.1) is 0 Å². The quantitative estimate of drug-likeness (QED) is 0.843. The van der Waals surface area contributed by atoms with E-state index in [0.717, 1.165) is 43.5 Å². The van der Waals surface area contributed by atoms with Crippen molar-refractivity contribution in [2.75, 3.05) is 11.9 Å². The van der Waals surface area contributed by atoms with Gasteiger partial charge in [0.25, 0.3) is 0 Å². The van der Waals surface area contributed by atoms with Crippen LogP contribution in [0.3, 0.4) is 0 Å². The highest BCUT2D eigenvalue weighted by molar-refractivity contribution is 5.35. The molecule has 0 bridgehead atoms. The molecule has 2 aromatic heterocycles. The first kappa shape index (κ1) is 15.9. The topological polar surface area (TPSA) is 88.8 Å². The Morgan fingerprint density at radius 2 is 2.09 bits per heavy atom. The molecule has 0 saturated carbocycles. The highest BCUT2D eigenvalue weighted by Gasteiger charge is 2.25. The van der Waals surface area contributed by atoms with Crippen LogP contribution in [-0.4, -0.2) is 36.7 Å². The summed E-state index contributed by atoms with van der Waals surface area (Å²) in [5.41, 5.74) is 4.37. The molecule has 0 fully saturated rings. The average molecular weight is 316 g/mol. The first-order valence-corrected chi connectivity index (χ1v) is 8.41. The molecular weight excluding hydrogens is 292 g/mol. The van der Waals surface area contributed by atoms with E-state index in [0.29, 0.717) is 12.5 Å². The third kappa shape index (κ3) is 3.19. The molecule has 0 aromatic carbocycles. The van der Waals surface area contributed by atoms with Crippen molar-refractivity contribution in [1.82, 2.24) is 25.0 Å². The van der Waals surface area contributed by atoms with Crippen molar-refractivity contribution in [1.29, 1.82) is 0 Å². The number of aromatic nitrogens is 5. The van der Waals surface area contributed by atoms with E-state index in [9.17, 15) is 0 Å². The van der Waals surface area contributed by atoms with Gasteiger partial charge in [0.15, 0.2) is 0 Å². The Morgan fingerprint density at radius 3 is 2.83 bits per heavy atom.